The summed E-state index contributed by atoms with van der Waals surface area (Å²) in [5.41, 5.74) is 0. The van der Waals surface area contributed by atoms with Crippen LogP contribution in [0.25, 0.3) is 0 Å². The molecule has 2 nitrogen and oxygen atoms in total. The summed E-state index contributed by atoms with van der Waals surface area (Å²) in [5.74, 6) is 2.47. The first-order chi connectivity index (χ1) is 8.27. The third-order valence-corrected chi connectivity index (χ3v) is 4.29. The molecular weight excluding hydrogens is 210 g/mol. The van der Waals surface area contributed by atoms with Gasteiger partial charge in [0.25, 0.3) is 0 Å². The minimum absolute atomic E-state index is 0.690. The minimum Gasteiger partial charge on any atom is -0.380 e. The van der Waals surface area contributed by atoms with Gasteiger partial charge in [-0.15, -0.1) is 0 Å². The van der Waals surface area contributed by atoms with Gasteiger partial charge in [-0.1, -0.05) is 19.1 Å². The first kappa shape index (κ1) is 13.1. The van der Waals surface area contributed by atoms with E-state index in [2.05, 4.69) is 31.3 Å². The van der Waals surface area contributed by atoms with Crippen LogP contribution in [0.5, 0.6) is 0 Å². The summed E-state index contributed by atoms with van der Waals surface area (Å²) in [6.07, 6.45) is 9.88. The van der Waals surface area contributed by atoms with Gasteiger partial charge in [0.05, 0.1) is 13.2 Å². The molecule has 2 aliphatic carbocycles. The summed E-state index contributed by atoms with van der Waals surface area (Å²) in [5, 5.41) is 3.55. The third-order valence-electron chi connectivity index (χ3n) is 4.29. The van der Waals surface area contributed by atoms with Gasteiger partial charge in [-0.2, -0.15) is 0 Å². The Morgan fingerprint density at radius 1 is 1.29 bits per heavy atom. The van der Waals surface area contributed by atoms with E-state index in [-0.39, 0.29) is 0 Å². The monoisotopic (exact) mass is 237 g/mol. The Hall–Kier alpha value is -0.340. The second-order valence-corrected chi connectivity index (χ2v) is 5.84. The maximum absolute atomic E-state index is 5.80. The highest BCUT2D eigenvalue weighted by Gasteiger charge is 2.27. The predicted octanol–water partition coefficient (Wildman–Crippen LogP) is 2.99. The topological polar surface area (TPSA) is 21.3 Å². The van der Waals surface area contributed by atoms with E-state index in [1.165, 1.54) is 25.7 Å². The number of hydrogen-bond donors (Lipinski definition) is 1. The molecule has 98 valence electrons. The number of hydrogen-bond acceptors (Lipinski definition) is 2. The van der Waals surface area contributed by atoms with Crippen LogP contribution in [0.2, 0.25) is 0 Å². The zero-order chi connectivity index (χ0) is 12.1. The maximum atomic E-state index is 5.80. The summed E-state index contributed by atoms with van der Waals surface area (Å²) in [6.45, 7) is 7.44. The Balaban J connectivity index is 1.49. The highest BCUT2D eigenvalue weighted by Crippen LogP contribution is 2.32. The van der Waals surface area contributed by atoms with Crippen molar-refractivity contribution in [3.8, 4) is 0 Å². The fourth-order valence-corrected chi connectivity index (χ4v) is 2.60. The first-order valence-corrected chi connectivity index (χ1v) is 7.23. The van der Waals surface area contributed by atoms with Crippen LogP contribution in [-0.4, -0.2) is 25.8 Å². The molecule has 0 heterocycles. The van der Waals surface area contributed by atoms with E-state index < -0.39 is 0 Å². The van der Waals surface area contributed by atoms with Crippen molar-refractivity contribution in [1.82, 2.24) is 5.32 Å². The third kappa shape index (κ3) is 4.44. The molecule has 0 radical (unpaired) electrons. The molecule has 0 spiro atoms. The molecule has 1 fully saturated rings. The average Bonchev–Trinajstić information content (AvgIpc) is 3.14. The quantitative estimate of drug-likeness (QED) is 0.543. The van der Waals surface area contributed by atoms with Gasteiger partial charge in [0, 0.05) is 12.6 Å². The molecule has 2 aliphatic rings. The molecule has 3 unspecified atom stereocenters. The minimum atomic E-state index is 0.690. The van der Waals surface area contributed by atoms with Crippen LogP contribution in [-0.2, 0) is 4.74 Å². The van der Waals surface area contributed by atoms with Crippen molar-refractivity contribution >= 4 is 0 Å². The second-order valence-electron chi connectivity index (χ2n) is 5.84. The zero-order valence-electron chi connectivity index (χ0n) is 11.3. The lowest BCUT2D eigenvalue weighted by atomic mass is 9.85. The lowest BCUT2D eigenvalue weighted by molar-refractivity contribution is 0.0795. The van der Waals surface area contributed by atoms with Gasteiger partial charge in [0.15, 0.2) is 0 Å². The zero-order valence-corrected chi connectivity index (χ0v) is 11.3. The number of allylic oxidation sites excluding steroid dienone is 2. The Kier molecular flexibility index (Phi) is 5.05. The van der Waals surface area contributed by atoms with E-state index in [0.717, 1.165) is 37.5 Å². The molecule has 0 aromatic rings. The highest BCUT2D eigenvalue weighted by atomic mass is 16.5. The second kappa shape index (κ2) is 6.55. The van der Waals surface area contributed by atoms with Crippen LogP contribution in [0.15, 0.2) is 12.2 Å². The lowest BCUT2D eigenvalue weighted by Gasteiger charge is -2.25. The van der Waals surface area contributed by atoms with Gasteiger partial charge in [0.2, 0.25) is 0 Å². The largest absolute Gasteiger partial charge is 0.380 e. The summed E-state index contributed by atoms with van der Waals surface area (Å²) < 4.78 is 5.80. The van der Waals surface area contributed by atoms with Crippen molar-refractivity contribution in [3.05, 3.63) is 12.2 Å². The standard InChI is InChI=1S/C15H27NO/c1-12-5-3-4-6-15(12)11-17-10-9-16-13(2)14-7-8-14/h3-4,12-16H,5-11H2,1-2H3. The molecule has 0 aromatic carbocycles. The number of ether oxygens (including phenoxy) is 1. The van der Waals surface area contributed by atoms with Crippen molar-refractivity contribution < 1.29 is 4.74 Å². The van der Waals surface area contributed by atoms with Gasteiger partial charge in [-0.25, -0.2) is 0 Å². The van der Waals surface area contributed by atoms with E-state index in [0.29, 0.717) is 6.04 Å². The highest BCUT2D eigenvalue weighted by molar-refractivity contribution is 4.93. The lowest BCUT2D eigenvalue weighted by Crippen LogP contribution is -2.31. The summed E-state index contributed by atoms with van der Waals surface area (Å²) >= 11 is 0. The normalized spacial score (nSPS) is 30.5. The summed E-state index contributed by atoms with van der Waals surface area (Å²) in [6, 6.07) is 0.690. The molecule has 3 atom stereocenters. The van der Waals surface area contributed by atoms with Crippen molar-refractivity contribution in [3.63, 3.8) is 0 Å². The van der Waals surface area contributed by atoms with Gasteiger partial charge in [-0.05, 0) is 50.4 Å². The molecule has 2 rings (SSSR count). The summed E-state index contributed by atoms with van der Waals surface area (Å²) in [4.78, 5) is 0. The molecule has 0 amide bonds. The molecule has 1 saturated carbocycles. The average molecular weight is 237 g/mol. The van der Waals surface area contributed by atoms with Crippen LogP contribution < -0.4 is 5.32 Å². The summed E-state index contributed by atoms with van der Waals surface area (Å²) in [7, 11) is 0. The first-order valence-electron chi connectivity index (χ1n) is 7.23. The molecule has 0 aromatic heterocycles. The number of rotatable bonds is 7. The Morgan fingerprint density at radius 3 is 2.76 bits per heavy atom. The van der Waals surface area contributed by atoms with Gasteiger partial charge >= 0.3 is 0 Å². The van der Waals surface area contributed by atoms with E-state index >= 15 is 0 Å². The smallest absolute Gasteiger partial charge is 0.0591 e. The van der Waals surface area contributed by atoms with E-state index in [4.69, 9.17) is 4.74 Å². The maximum Gasteiger partial charge on any atom is 0.0591 e. The van der Waals surface area contributed by atoms with Gasteiger partial charge in [-0.3, -0.25) is 0 Å². The molecule has 0 aliphatic heterocycles. The van der Waals surface area contributed by atoms with Crippen molar-refractivity contribution in [2.45, 2.75) is 45.6 Å². The SMILES string of the molecule is CC1CC=CCC1COCCNC(C)C1CC1. The van der Waals surface area contributed by atoms with Crippen molar-refractivity contribution in [2.75, 3.05) is 19.8 Å². The van der Waals surface area contributed by atoms with Crippen molar-refractivity contribution in [2.24, 2.45) is 17.8 Å². The molecule has 17 heavy (non-hydrogen) atoms. The number of nitrogens with one attached hydrogen (secondary N) is 1. The van der Waals surface area contributed by atoms with Crippen LogP contribution in [0.4, 0.5) is 0 Å². The van der Waals surface area contributed by atoms with Crippen LogP contribution in [0, 0.1) is 17.8 Å². The molecular formula is C15H27NO. The van der Waals surface area contributed by atoms with E-state index in [9.17, 15) is 0 Å². The van der Waals surface area contributed by atoms with Crippen LogP contribution in [0.1, 0.15) is 39.5 Å². The predicted molar refractivity (Wildman–Crippen MR) is 72.0 cm³/mol. The van der Waals surface area contributed by atoms with Gasteiger partial charge in [0.1, 0.15) is 0 Å². The fourth-order valence-electron chi connectivity index (χ4n) is 2.60. The molecule has 1 N–H and O–H groups in total. The molecule has 0 saturated heterocycles. The van der Waals surface area contributed by atoms with E-state index in [1.54, 1.807) is 0 Å². The van der Waals surface area contributed by atoms with Gasteiger partial charge < -0.3 is 10.1 Å². The Labute approximate surface area is 106 Å². The Bertz CT molecular complexity index is 247. The molecule has 0 bridgehead atoms. The van der Waals surface area contributed by atoms with Crippen LogP contribution in [0.3, 0.4) is 0 Å². The fraction of sp³-hybridized carbons (Fsp3) is 0.867. The Morgan fingerprint density at radius 2 is 2.06 bits per heavy atom. The van der Waals surface area contributed by atoms with Crippen LogP contribution >= 0.6 is 0 Å². The van der Waals surface area contributed by atoms with Crippen molar-refractivity contribution in [1.29, 1.82) is 0 Å². The van der Waals surface area contributed by atoms with E-state index in [1.807, 2.05) is 0 Å². The molecule has 2 heteroatoms.